The zero-order valence-corrected chi connectivity index (χ0v) is 5.62. The van der Waals surface area contributed by atoms with Gasteiger partial charge in [0.15, 0.2) is 0 Å². The van der Waals surface area contributed by atoms with E-state index in [1.54, 1.807) is 0 Å². The zero-order chi connectivity index (χ0) is 3.54. The summed E-state index contributed by atoms with van der Waals surface area (Å²) in [6.45, 7) is 1.26. The average molecular weight is 113 g/mol. The second kappa shape index (κ2) is 3.58. The molecule has 0 unspecified atom stereocenters. The van der Waals surface area contributed by atoms with Crippen molar-refractivity contribution in [3.05, 3.63) is 0 Å². The lowest BCUT2D eigenvalue weighted by molar-refractivity contribution is 0.933. The van der Waals surface area contributed by atoms with Gasteiger partial charge in [-0.25, -0.2) is 0 Å². The van der Waals surface area contributed by atoms with Crippen molar-refractivity contribution in [3.63, 3.8) is 0 Å². The molecule has 1 N–H and O–H groups in total. The molecule has 6 heavy (non-hydrogen) atoms. The molecular formula is C3H7NSi2. The molecule has 1 fully saturated rings. The highest BCUT2D eigenvalue weighted by Crippen LogP contribution is 1.89. The quantitative estimate of drug-likeness (QED) is 0.423. The molecule has 0 spiro atoms. The summed E-state index contributed by atoms with van der Waals surface area (Å²) in [5.41, 5.74) is 0. The standard InChI is InChI=1S/C3H7NSi.Si/c1-2-4-5-3-1;/h4H,1-3H2;. The molecule has 1 aliphatic rings. The molecule has 1 heterocycles. The van der Waals surface area contributed by atoms with Crippen LogP contribution in [0, 0.1) is 0 Å². The van der Waals surface area contributed by atoms with E-state index in [0.717, 1.165) is 9.68 Å². The van der Waals surface area contributed by atoms with E-state index >= 15 is 0 Å². The minimum Gasteiger partial charge on any atom is -0.339 e. The number of hydrogen-bond donors (Lipinski definition) is 1. The average Bonchev–Trinajstić information content (AvgIpc) is 1.76. The largest absolute Gasteiger partial charge is 0.339 e. The van der Waals surface area contributed by atoms with Crippen molar-refractivity contribution in [2.75, 3.05) is 6.54 Å². The van der Waals surface area contributed by atoms with Crippen LogP contribution < -0.4 is 4.98 Å². The Morgan fingerprint density at radius 2 is 2.33 bits per heavy atom. The third kappa shape index (κ3) is 1.74. The van der Waals surface area contributed by atoms with Crippen LogP contribution in [-0.2, 0) is 0 Å². The summed E-state index contributed by atoms with van der Waals surface area (Å²) in [7, 11) is 1.06. The van der Waals surface area contributed by atoms with Crippen molar-refractivity contribution in [2.24, 2.45) is 0 Å². The van der Waals surface area contributed by atoms with Crippen LogP contribution >= 0.6 is 0 Å². The summed E-state index contributed by atoms with van der Waals surface area (Å²) in [6, 6.07) is 1.42. The second-order valence-corrected chi connectivity index (χ2v) is 2.41. The molecule has 1 aliphatic heterocycles. The van der Waals surface area contributed by atoms with Gasteiger partial charge in [-0.1, -0.05) is 0 Å². The summed E-state index contributed by atoms with van der Waals surface area (Å²) < 4.78 is 0. The highest BCUT2D eigenvalue weighted by molar-refractivity contribution is 6.33. The SMILES string of the molecule is C1CN[Si]C1.[Si]. The maximum Gasteiger partial charge on any atom is 0.138 e. The smallest absolute Gasteiger partial charge is 0.138 e. The van der Waals surface area contributed by atoms with Crippen LogP contribution in [0.3, 0.4) is 0 Å². The first-order chi connectivity index (χ1) is 2.50. The molecule has 0 aliphatic carbocycles. The predicted octanol–water partition coefficient (Wildman–Crippen LogP) is -0.364. The topological polar surface area (TPSA) is 12.0 Å². The highest BCUT2D eigenvalue weighted by Gasteiger charge is 1.95. The summed E-state index contributed by atoms with van der Waals surface area (Å²) in [5.74, 6) is 0. The van der Waals surface area contributed by atoms with E-state index in [1.807, 2.05) is 0 Å². The Morgan fingerprint density at radius 3 is 2.50 bits per heavy atom. The highest BCUT2D eigenvalue weighted by atomic mass is 28.2. The molecule has 1 nitrogen and oxygen atoms in total. The van der Waals surface area contributed by atoms with Crippen LogP contribution in [0.4, 0.5) is 0 Å². The lowest BCUT2D eigenvalue weighted by atomic mass is 10.5. The molecular weight excluding hydrogens is 106 g/mol. The van der Waals surface area contributed by atoms with Crippen molar-refractivity contribution in [2.45, 2.75) is 12.5 Å². The normalized spacial score (nSPS) is 20.0. The fourth-order valence-corrected chi connectivity index (χ4v) is 1.33. The molecule has 3 heteroatoms. The van der Waals surface area contributed by atoms with Crippen LogP contribution in [0.15, 0.2) is 0 Å². The number of rotatable bonds is 0. The molecule has 6 radical (unpaired) electrons. The molecule has 1 saturated heterocycles. The van der Waals surface area contributed by atoms with Gasteiger partial charge in [0.05, 0.1) is 0 Å². The van der Waals surface area contributed by atoms with E-state index in [-0.39, 0.29) is 11.0 Å². The monoisotopic (exact) mass is 113 g/mol. The summed E-state index contributed by atoms with van der Waals surface area (Å²) >= 11 is 0. The second-order valence-electron chi connectivity index (χ2n) is 1.21. The molecule has 1 rings (SSSR count). The van der Waals surface area contributed by atoms with E-state index in [1.165, 1.54) is 19.0 Å². The Balaban J connectivity index is 0.000000250. The van der Waals surface area contributed by atoms with E-state index in [4.69, 9.17) is 0 Å². The molecule has 0 amide bonds. The first-order valence-corrected chi connectivity index (χ1v) is 3.16. The van der Waals surface area contributed by atoms with Gasteiger partial charge < -0.3 is 4.98 Å². The maximum atomic E-state index is 3.25. The van der Waals surface area contributed by atoms with Gasteiger partial charge in [0.2, 0.25) is 0 Å². The number of hydrogen-bond acceptors (Lipinski definition) is 1. The van der Waals surface area contributed by atoms with Crippen molar-refractivity contribution in [1.82, 2.24) is 4.98 Å². The Hall–Kier alpha value is 0.394. The fourth-order valence-electron chi connectivity index (χ4n) is 0.442. The Morgan fingerprint density at radius 1 is 1.50 bits per heavy atom. The fraction of sp³-hybridized carbons (Fsp3) is 1.00. The van der Waals surface area contributed by atoms with Gasteiger partial charge in [0, 0.05) is 11.0 Å². The van der Waals surface area contributed by atoms with Crippen LogP contribution in [0.1, 0.15) is 6.42 Å². The van der Waals surface area contributed by atoms with Gasteiger partial charge in [-0.2, -0.15) is 0 Å². The van der Waals surface area contributed by atoms with Gasteiger partial charge in [-0.05, 0) is 19.0 Å². The van der Waals surface area contributed by atoms with E-state index in [0.29, 0.717) is 0 Å². The third-order valence-corrected chi connectivity index (χ3v) is 1.83. The van der Waals surface area contributed by atoms with Gasteiger partial charge in [-0.15, -0.1) is 0 Å². The Bertz CT molecular complexity index is 20.4. The molecule has 0 aromatic carbocycles. The number of nitrogens with one attached hydrogen (secondary N) is 1. The third-order valence-electron chi connectivity index (χ3n) is 0.729. The molecule has 0 aromatic heterocycles. The summed E-state index contributed by atoms with van der Waals surface area (Å²) in [5, 5.41) is 0. The Labute approximate surface area is 45.4 Å². The first kappa shape index (κ1) is 6.39. The van der Waals surface area contributed by atoms with Crippen molar-refractivity contribution < 1.29 is 0 Å². The van der Waals surface area contributed by atoms with Crippen molar-refractivity contribution in [1.29, 1.82) is 0 Å². The van der Waals surface area contributed by atoms with Crippen LogP contribution in [0.2, 0.25) is 6.04 Å². The van der Waals surface area contributed by atoms with Crippen LogP contribution in [-0.4, -0.2) is 27.2 Å². The maximum absolute atomic E-state index is 3.25. The van der Waals surface area contributed by atoms with E-state index in [2.05, 4.69) is 4.98 Å². The first-order valence-electron chi connectivity index (χ1n) is 1.96. The molecule has 0 saturated carbocycles. The summed E-state index contributed by atoms with van der Waals surface area (Å²) in [6.07, 6.45) is 1.40. The van der Waals surface area contributed by atoms with Crippen LogP contribution in [0.5, 0.6) is 0 Å². The van der Waals surface area contributed by atoms with Gasteiger partial charge in [0.25, 0.3) is 0 Å². The van der Waals surface area contributed by atoms with Gasteiger partial charge in [-0.3, -0.25) is 0 Å². The van der Waals surface area contributed by atoms with E-state index < -0.39 is 0 Å². The lowest BCUT2D eigenvalue weighted by Crippen LogP contribution is -2.07. The van der Waals surface area contributed by atoms with Gasteiger partial charge in [0.1, 0.15) is 9.68 Å². The molecule has 0 bridgehead atoms. The molecule has 0 aromatic rings. The summed E-state index contributed by atoms with van der Waals surface area (Å²) in [4.78, 5) is 3.25. The lowest BCUT2D eigenvalue weighted by Gasteiger charge is -1.74. The van der Waals surface area contributed by atoms with Crippen molar-refractivity contribution in [3.8, 4) is 0 Å². The molecule has 0 atom stereocenters. The van der Waals surface area contributed by atoms with Crippen LogP contribution in [0.25, 0.3) is 0 Å². The Kier molecular flexibility index (Phi) is 3.81. The minimum atomic E-state index is 0. The predicted molar refractivity (Wildman–Crippen MR) is 28.9 cm³/mol. The minimum absolute atomic E-state index is 0. The molecule has 32 valence electrons. The van der Waals surface area contributed by atoms with Gasteiger partial charge >= 0.3 is 0 Å². The van der Waals surface area contributed by atoms with E-state index in [9.17, 15) is 0 Å². The zero-order valence-electron chi connectivity index (χ0n) is 3.62. The van der Waals surface area contributed by atoms with Crippen molar-refractivity contribution >= 4 is 20.6 Å².